The summed E-state index contributed by atoms with van der Waals surface area (Å²) in [6, 6.07) is 16.8. The van der Waals surface area contributed by atoms with Crippen LogP contribution in [0.4, 0.5) is 0 Å². The van der Waals surface area contributed by atoms with Gasteiger partial charge in [0.05, 0.1) is 50.4 Å². The van der Waals surface area contributed by atoms with Gasteiger partial charge >= 0.3 is 35.1 Å². The Hall–Kier alpha value is -6.89. The number of aromatic carboxylic acids is 4. The molecule has 8 rings (SSSR count). The van der Waals surface area contributed by atoms with Gasteiger partial charge in [-0.15, -0.1) is 0 Å². The van der Waals surface area contributed by atoms with E-state index in [4.69, 9.17) is 4.42 Å². The van der Waals surface area contributed by atoms with Gasteiger partial charge in [-0.3, -0.25) is 0 Å². The summed E-state index contributed by atoms with van der Waals surface area (Å²) in [7, 11) is 0. The molecule has 0 fully saturated rings. The maximum atomic E-state index is 13.1. The number of carboxylic acids is 4. The largest absolute Gasteiger partial charge is 0.478 e. The van der Waals surface area contributed by atoms with Crippen LogP contribution in [0.2, 0.25) is 0 Å². The number of nitrogens with one attached hydrogen (secondary N) is 1. The lowest BCUT2D eigenvalue weighted by Crippen LogP contribution is -2.10. The topological polar surface area (TPSA) is 225 Å². The molecular formula is C33H18N2O11. The Balaban J connectivity index is 0.000000352. The molecule has 5 N–H and O–H groups in total. The molecule has 3 aromatic heterocycles. The van der Waals surface area contributed by atoms with Crippen molar-refractivity contribution < 1.29 is 44.0 Å². The van der Waals surface area contributed by atoms with Gasteiger partial charge in [-0.25, -0.2) is 33.8 Å². The molecule has 8 aromatic rings. The van der Waals surface area contributed by atoms with Gasteiger partial charge in [-0.1, -0.05) is 24.3 Å². The molecular weight excluding hydrogens is 600 g/mol. The van der Waals surface area contributed by atoms with Gasteiger partial charge in [0.1, 0.15) is 0 Å². The number of fused-ring (bicyclic) bond motifs is 5. The number of rotatable bonds is 4. The standard InChI is InChI=1S/C26H12O11.C7H6N2/c27-21(28)11-3-5-13(23(31)32)19-15-7-1-9(17(11)19)10-2-8-16(26(36)37-25(15)35)20-14(24(33)34)6-4-12(18(10)20)22(29)30;1-2-4-7-6(3-1)8-5-9-7/h1-8H,(H,27,28)(H,29,30)(H,31,32)(H,33,34);1-5H,(H,8,9). The minimum absolute atomic E-state index is 0.00277. The Morgan fingerprint density at radius 1 is 0.522 bits per heavy atom. The van der Waals surface area contributed by atoms with E-state index in [0.29, 0.717) is 0 Å². The summed E-state index contributed by atoms with van der Waals surface area (Å²) in [6.07, 6.45) is 1.70. The highest BCUT2D eigenvalue weighted by atomic mass is 16.4. The first-order chi connectivity index (χ1) is 22.0. The lowest BCUT2D eigenvalue weighted by molar-refractivity contribution is 0.0684. The minimum Gasteiger partial charge on any atom is -0.478 e. The van der Waals surface area contributed by atoms with Crippen LogP contribution in [0.5, 0.6) is 0 Å². The van der Waals surface area contributed by atoms with Crippen LogP contribution in [-0.4, -0.2) is 54.3 Å². The monoisotopic (exact) mass is 618 g/mol. The van der Waals surface area contributed by atoms with Crippen molar-refractivity contribution >= 4 is 78.0 Å². The average Bonchev–Trinajstić information content (AvgIpc) is 3.50. The van der Waals surface area contributed by atoms with E-state index in [2.05, 4.69) is 9.97 Å². The molecule has 0 spiro atoms. The Kier molecular flexibility index (Phi) is 6.97. The molecule has 0 atom stereocenters. The third-order valence-electron chi connectivity index (χ3n) is 7.49. The van der Waals surface area contributed by atoms with Gasteiger partial charge in [0, 0.05) is 21.5 Å². The summed E-state index contributed by atoms with van der Waals surface area (Å²) < 4.78 is 4.97. The van der Waals surface area contributed by atoms with Gasteiger partial charge < -0.3 is 29.8 Å². The number of carboxylic acid groups (broad SMARTS) is 4. The summed E-state index contributed by atoms with van der Waals surface area (Å²) in [5.41, 5.74) is -2.27. The van der Waals surface area contributed by atoms with Gasteiger partial charge in [0.15, 0.2) is 0 Å². The Labute approximate surface area is 254 Å². The summed E-state index contributed by atoms with van der Waals surface area (Å²) in [6.45, 7) is 0. The molecule has 0 aliphatic rings. The van der Waals surface area contributed by atoms with Crippen molar-refractivity contribution in [3.05, 3.63) is 122 Å². The second-order valence-electron chi connectivity index (χ2n) is 9.96. The van der Waals surface area contributed by atoms with Crippen LogP contribution < -0.4 is 11.3 Å². The molecule has 0 saturated carbocycles. The first kappa shape index (κ1) is 29.2. The van der Waals surface area contributed by atoms with Crippen molar-refractivity contribution in [2.75, 3.05) is 0 Å². The Morgan fingerprint density at radius 3 is 1.28 bits per heavy atom. The molecule has 0 amide bonds. The molecule has 13 nitrogen and oxygen atoms in total. The third kappa shape index (κ3) is 4.64. The van der Waals surface area contributed by atoms with Gasteiger partial charge in [-0.2, -0.15) is 0 Å². The van der Waals surface area contributed by atoms with Gasteiger partial charge in [0.2, 0.25) is 0 Å². The van der Waals surface area contributed by atoms with Crippen molar-refractivity contribution in [2.24, 2.45) is 0 Å². The van der Waals surface area contributed by atoms with Crippen molar-refractivity contribution in [2.45, 2.75) is 0 Å². The van der Waals surface area contributed by atoms with E-state index in [1.54, 1.807) is 6.33 Å². The summed E-state index contributed by atoms with van der Waals surface area (Å²) >= 11 is 0. The van der Waals surface area contributed by atoms with Crippen molar-refractivity contribution in [1.82, 2.24) is 9.97 Å². The van der Waals surface area contributed by atoms with Crippen LogP contribution in [0.3, 0.4) is 0 Å². The average molecular weight is 619 g/mol. The summed E-state index contributed by atoms with van der Waals surface area (Å²) in [5.74, 6) is -5.97. The molecule has 4 bridgehead atoms. The van der Waals surface area contributed by atoms with E-state index in [0.717, 1.165) is 47.4 Å². The SMILES string of the molecule is O=C(O)c1ccc(C(=O)O)c2c3ccc(c(=O)oc(=O)c4ccc3c3c(C(=O)O)ccc(C(=O)O)c43)c12.c1ccc2[nH]cnc2c1. The van der Waals surface area contributed by atoms with Crippen LogP contribution in [0, 0.1) is 0 Å². The lowest BCUT2D eigenvalue weighted by Gasteiger charge is -2.12. The maximum Gasteiger partial charge on any atom is 0.346 e. The van der Waals surface area contributed by atoms with Crippen LogP contribution >= 0.6 is 0 Å². The Morgan fingerprint density at radius 2 is 0.891 bits per heavy atom. The van der Waals surface area contributed by atoms with Crippen molar-refractivity contribution in [3.8, 4) is 0 Å². The third-order valence-corrected chi connectivity index (χ3v) is 7.49. The zero-order valence-corrected chi connectivity index (χ0v) is 23.1. The number of aromatic amines is 1. The molecule has 0 radical (unpaired) electrons. The fraction of sp³-hybridized carbons (Fsp3) is 0. The number of aromatic nitrogens is 2. The molecule has 5 aromatic carbocycles. The summed E-state index contributed by atoms with van der Waals surface area (Å²) in [4.78, 5) is 81.7. The number of carbonyl (C=O) groups is 4. The number of hydrogen-bond acceptors (Lipinski definition) is 8. The Bertz CT molecular complexity index is 2430. The number of para-hydroxylation sites is 2. The second kappa shape index (κ2) is 11.0. The molecule has 226 valence electrons. The normalized spacial score (nSPS) is 11.0. The smallest absolute Gasteiger partial charge is 0.346 e. The number of imidazole rings is 1. The van der Waals surface area contributed by atoms with Crippen LogP contribution in [0.25, 0.3) is 54.1 Å². The fourth-order valence-electron chi connectivity index (χ4n) is 5.57. The maximum absolute atomic E-state index is 13.1. The number of benzene rings is 5. The highest BCUT2D eigenvalue weighted by Crippen LogP contribution is 2.37. The van der Waals surface area contributed by atoms with E-state index in [9.17, 15) is 49.2 Å². The molecule has 0 unspecified atom stereocenters. The quantitative estimate of drug-likeness (QED) is 0.176. The first-order valence-electron chi connectivity index (χ1n) is 13.3. The van der Waals surface area contributed by atoms with Crippen LogP contribution in [0.15, 0.2) is 93.1 Å². The highest BCUT2D eigenvalue weighted by Gasteiger charge is 2.24. The minimum atomic E-state index is -1.51. The molecule has 0 aliphatic carbocycles. The molecule has 0 saturated heterocycles. The fourth-order valence-corrected chi connectivity index (χ4v) is 5.57. The molecule has 3 heterocycles. The number of H-pyrrole nitrogens is 1. The zero-order valence-electron chi connectivity index (χ0n) is 23.1. The van der Waals surface area contributed by atoms with E-state index in [-0.39, 0.29) is 32.3 Å². The van der Waals surface area contributed by atoms with E-state index in [1.165, 1.54) is 12.1 Å². The lowest BCUT2D eigenvalue weighted by atomic mass is 9.89. The second-order valence-corrected chi connectivity index (χ2v) is 9.96. The zero-order chi connectivity index (χ0) is 32.9. The first-order valence-corrected chi connectivity index (χ1v) is 13.3. The molecule has 0 aliphatic heterocycles. The van der Waals surface area contributed by atoms with Crippen LogP contribution in [0.1, 0.15) is 41.4 Å². The van der Waals surface area contributed by atoms with E-state index >= 15 is 0 Å². The highest BCUT2D eigenvalue weighted by molar-refractivity contribution is 6.30. The molecule has 46 heavy (non-hydrogen) atoms. The predicted molar refractivity (Wildman–Crippen MR) is 165 cm³/mol. The molecule has 13 heteroatoms. The van der Waals surface area contributed by atoms with E-state index < -0.39 is 68.2 Å². The summed E-state index contributed by atoms with van der Waals surface area (Å²) in [5, 5.41) is 37.4. The van der Waals surface area contributed by atoms with Crippen molar-refractivity contribution in [1.29, 1.82) is 0 Å². The van der Waals surface area contributed by atoms with Gasteiger partial charge in [-0.05, 0) is 59.3 Å². The van der Waals surface area contributed by atoms with Crippen LogP contribution in [-0.2, 0) is 0 Å². The van der Waals surface area contributed by atoms with E-state index in [1.807, 2.05) is 24.3 Å². The number of hydrogen-bond donors (Lipinski definition) is 5. The van der Waals surface area contributed by atoms with Crippen molar-refractivity contribution in [3.63, 3.8) is 0 Å². The number of nitrogens with zero attached hydrogens (tertiary/aromatic N) is 1. The predicted octanol–water partition coefficient (Wildman–Crippen LogP) is 4.97. The van der Waals surface area contributed by atoms with Gasteiger partial charge in [0.25, 0.3) is 0 Å².